The average Bonchev–Trinajstić information content (AvgIpc) is 3.53. The number of rotatable bonds is 4. The molecule has 1 aliphatic heterocycles. The van der Waals surface area contributed by atoms with Gasteiger partial charge in [0, 0.05) is 47.4 Å². The van der Waals surface area contributed by atoms with Gasteiger partial charge in [-0.3, -0.25) is 0 Å². The highest BCUT2D eigenvalue weighted by Crippen LogP contribution is 2.35. The summed E-state index contributed by atoms with van der Waals surface area (Å²) < 4.78 is 7.05. The third kappa shape index (κ3) is 5.30. The number of aryl methyl sites for hydroxylation is 2. The highest BCUT2D eigenvalue weighted by Gasteiger charge is 2.12. The first-order valence-electron chi connectivity index (χ1n) is 10.1. The van der Waals surface area contributed by atoms with Crippen molar-refractivity contribution in [3.8, 4) is 11.4 Å². The number of ether oxygens (including phenoxy) is 1. The molecule has 9 heteroatoms. The van der Waals surface area contributed by atoms with E-state index in [1.165, 1.54) is 10.6 Å². The molecule has 5 rings (SSSR count). The molecule has 32 heavy (non-hydrogen) atoms. The SMILES string of the molecule is C=C.COCCn1cnc2c(N)nc(C)cc21.Cc1cnc(-c2ccc3c(c2)NCS3)[nH]1. The maximum atomic E-state index is 5.78. The third-order valence-electron chi connectivity index (χ3n) is 4.75. The number of nitrogens with two attached hydrogens (primary N) is 1. The molecule has 4 aromatic rings. The molecule has 4 N–H and O–H groups in total. The number of pyridine rings is 1. The minimum Gasteiger partial charge on any atom is -0.383 e. The van der Waals surface area contributed by atoms with Crippen LogP contribution in [-0.2, 0) is 11.3 Å². The molecular weight excluding hydrogens is 422 g/mol. The van der Waals surface area contributed by atoms with Gasteiger partial charge in [0.2, 0.25) is 0 Å². The number of nitrogens with zero attached hydrogens (tertiary/aromatic N) is 4. The average molecular weight is 452 g/mol. The molecule has 168 valence electrons. The van der Waals surface area contributed by atoms with Gasteiger partial charge in [-0.15, -0.1) is 24.9 Å². The Balaban J connectivity index is 0.000000168. The number of nitrogen functional groups attached to an aromatic ring is 1. The number of hydrogen-bond donors (Lipinski definition) is 3. The van der Waals surface area contributed by atoms with Crippen molar-refractivity contribution in [1.29, 1.82) is 0 Å². The molecule has 0 atom stereocenters. The number of fused-ring (bicyclic) bond motifs is 2. The maximum absolute atomic E-state index is 5.78. The third-order valence-corrected chi connectivity index (χ3v) is 5.70. The van der Waals surface area contributed by atoms with Crippen LogP contribution >= 0.6 is 11.8 Å². The van der Waals surface area contributed by atoms with Gasteiger partial charge in [0.15, 0.2) is 5.82 Å². The van der Waals surface area contributed by atoms with E-state index < -0.39 is 0 Å². The summed E-state index contributed by atoms with van der Waals surface area (Å²) in [5.41, 5.74) is 11.9. The summed E-state index contributed by atoms with van der Waals surface area (Å²) in [6, 6.07) is 8.38. The van der Waals surface area contributed by atoms with E-state index in [1.807, 2.05) is 42.4 Å². The molecule has 4 heterocycles. The van der Waals surface area contributed by atoms with Crippen LogP contribution < -0.4 is 11.1 Å². The lowest BCUT2D eigenvalue weighted by atomic mass is 10.2. The molecule has 8 nitrogen and oxygen atoms in total. The number of imidazole rings is 2. The van der Waals surface area contributed by atoms with Gasteiger partial charge in [0.25, 0.3) is 0 Å². The van der Waals surface area contributed by atoms with Crippen LogP contribution in [0.3, 0.4) is 0 Å². The Hall–Kier alpha value is -3.30. The van der Waals surface area contributed by atoms with Gasteiger partial charge in [-0.05, 0) is 38.1 Å². The number of aromatic amines is 1. The van der Waals surface area contributed by atoms with E-state index in [0.717, 1.165) is 46.2 Å². The highest BCUT2D eigenvalue weighted by atomic mass is 32.2. The number of hydrogen-bond acceptors (Lipinski definition) is 7. The van der Waals surface area contributed by atoms with Gasteiger partial charge in [-0.1, -0.05) is 0 Å². The Bertz CT molecular complexity index is 1180. The summed E-state index contributed by atoms with van der Waals surface area (Å²) >= 11 is 1.84. The second kappa shape index (κ2) is 10.8. The van der Waals surface area contributed by atoms with Crippen LogP contribution in [0.1, 0.15) is 11.4 Å². The summed E-state index contributed by atoms with van der Waals surface area (Å²) in [6.07, 6.45) is 3.62. The van der Waals surface area contributed by atoms with Gasteiger partial charge < -0.3 is 25.3 Å². The van der Waals surface area contributed by atoms with E-state index in [2.05, 4.69) is 56.6 Å². The monoisotopic (exact) mass is 451 g/mol. The van der Waals surface area contributed by atoms with E-state index in [0.29, 0.717) is 12.4 Å². The zero-order chi connectivity index (χ0) is 23.1. The Morgan fingerprint density at radius 2 is 2.03 bits per heavy atom. The van der Waals surface area contributed by atoms with Gasteiger partial charge in [0.1, 0.15) is 11.3 Å². The molecule has 0 fully saturated rings. The lowest BCUT2D eigenvalue weighted by Crippen LogP contribution is -2.03. The highest BCUT2D eigenvalue weighted by molar-refractivity contribution is 7.99. The molecule has 0 amide bonds. The molecule has 0 spiro atoms. The smallest absolute Gasteiger partial charge is 0.151 e. The number of benzene rings is 1. The van der Waals surface area contributed by atoms with Crippen molar-refractivity contribution in [1.82, 2.24) is 24.5 Å². The van der Waals surface area contributed by atoms with Crippen LogP contribution in [0.5, 0.6) is 0 Å². The first-order chi connectivity index (χ1) is 15.5. The van der Waals surface area contributed by atoms with Crippen molar-refractivity contribution in [3.05, 3.63) is 61.3 Å². The van der Waals surface area contributed by atoms with Crippen molar-refractivity contribution in [2.24, 2.45) is 0 Å². The van der Waals surface area contributed by atoms with Crippen molar-refractivity contribution in [2.45, 2.75) is 25.3 Å². The van der Waals surface area contributed by atoms with Crippen LogP contribution in [-0.4, -0.2) is 44.1 Å². The number of methoxy groups -OCH3 is 1. The van der Waals surface area contributed by atoms with Crippen LogP contribution in [0, 0.1) is 13.8 Å². The number of H-pyrrole nitrogens is 1. The summed E-state index contributed by atoms with van der Waals surface area (Å²) in [4.78, 5) is 17.3. The number of aromatic nitrogens is 5. The molecule has 0 aliphatic carbocycles. The Kier molecular flexibility index (Phi) is 7.91. The number of thioether (sulfide) groups is 1. The van der Waals surface area contributed by atoms with E-state index in [4.69, 9.17) is 10.5 Å². The predicted octanol–water partition coefficient (Wildman–Crippen LogP) is 4.63. The first-order valence-corrected chi connectivity index (χ1v) is 11.1. The summed E-state index contributed by atoms with van der Waals surface area (Å²) in [7, 11) is 1.68. The van der Waals surface area contributed by atoms with Crippen molar-refractivity contribution >= 4 is 34.3 Å². The Morgan fingerprint density at radius 1 is 1.22 bits per heavy atom. The largest absolute Gasteiger partial charge is 0.383 e. The molecular formula is C23H29N7OS. The zero-order valence-corrected chi connectivity index (χ0v) is 19.5. The van der Waals surface area contributed by atoms with Crippen molar-refractivity contribution in [3.63, 3.8) is 0 Å². The summed E-state index contributed by atoms with van der Waals surface area (Å²) in [6.45, 7) is 11.4. The van der Waals surface area contributed by atoms with E-state index in [9.17, 15) is 0 Å². The Labute approximate surface area is 192 Å². The van der Waals surface area contributed by atoms with Gasteiger partial charge in [0.05, 0.1) is 24.3 Å². The van der Waals surface area contributed by atoms with Crippen molar-refractivity contribution in [2.75, 3.05) is 30.6 Å². The lowest BCUT2D eigenvalue weighted by molar-refractivity contribution is 0.188. The molecule has 0 radical (unpaired) electrons. The van der Waals surface area contributed by atoms with Crippen LogP contribution in [0.25, 0.3) is 22.4 Å². The van der Waals surface area contributed by atoms with Crippen LogP contribution in [0.15, 0.2) is 54.8 Å². The molecule has 3 aromatic heterocycles. The van der Waals surface area contributed by atoms with E-state index in [-0.39, 0.29) is 0 Å². The van der Waals surface area contributed by atoms with E-state index >= 15 is 0 Å². The van der Waals surface area contributed by atoms with Gasteiger partial charge in [-0.25, -0.2) is 15.0 Å². The fourth-order valence-electron chi connectivity index (χ4n) is 3.27. The number of anilines is 2. The van der Waals surface area contributed by atoms with E-state index in [1.54, 1.807) is 13.4 Å². The summed E-state index contributed by atoms with van der Waals surface area (Å²) in [5, 5.41) is 3.34. The number of nitrogens with one attached hydrogen (secondary N) is 2. The topological polar surface area (TPSA) is 107 Å². The minimum absolute atomic E-state index is 0.487. The Morgan fingerprint density at radius 3 is 2.75 bits per heavy atom. The fraction of sp³-hybridized carbons (Fsp3) is 0.261. The standard InChI is InChI=1S/C11H11N3S.C10H14N4O.C2H4/c1-7-5-12-11(14-7)8-2-3-10-9(4-8)13-6-15-10;1-7-5-8-9(10(11)13-7)12-6-14(8)3-4-15-2;1-2/h2-5,13H,6H2,1H3,(H,12,14);5-6H,3-4H2,1-2H3,(H2,11,13);1-2H2. The normalized spacial score (nSPS) is 11.7. The van der Waals surface area contributed by atoms with Crippen molar-refractivity contribution < 1.29 is 4.74 Å². The first kappa shape index (κ1) is 23.4. The van der Waals surface area contributed by atoms with Gasteiger partial charge >= 0.3 is 0 Å². The summed E-state index contributed by atoms with van der Waals surface area (Å²) in [5.74, 6) is 2.39. The molecule has 1 aromatic carbocycles. The molecule has 0 unspecified atom stereocenters. The van der Waals surface area contributed by atoms with Crippen LogP contribution in [0.4, 0.5) is 11.5 Å². The molecule has 0 bridgehead atoms. The second-order valence-electron chi connectivity index (χ2n) is 7.04. The predicted molar refractivity (Wildman–Crippen MR) is 133 cm³/mol. The van der Waals surface area contributed by atoms with Crippen LogP contribution in [0.2, 0.25) is 0 Å². The quantitative estimate of drug-likeness (QED) is 0.388. The zero-order valence-electron chi connectivity index (χ0n) is 18.7. The fourth-order valence-corrected chi connectivity index (χ4v) is 4.11. The lowest BCUT2D eigenvalue weighted by Gasteiger charge is -2.04. The second-order valence-corrected chi connectivity index (χ2v) is 8.06. The maximum Gasteiger partial charge on any atom is 0.151 e. The minimum atomic E-state index is 0.487. The molecule has 1 aliphatic rings. The molecule has 0 saturated heterocycles. The molecule has 0 saturated carbocycles. The van der Waals surface area contributed by atoms with Gasteiger partial charge in [-0.2, -0.15) is 0 Å².